The van der Waals surface area contributed by atoms with Crippen molar-refractivity contribution in [2.45, 2.75) is 6.54 Å². The number of halogens is 3. The second kappa shape index (κ2) is 5.77. The lowest BCUT2D eigenvalue weighted by atomic mass is 10.2. The Hall–Kier alpha value is -2.01. The van der Waals surface area contributed by atoms with Gasteiger partial charge in [-0.1, -0.05) is 11.6 Å². The van der Waals surface area contributed by atoms with Gasteiger partial charge in [0.05, 0.1) is 10.7 Å². The van der Waals surface area contributed by atoms with Crippen LogP contribution in [0.4, 0.5) is 14.5 Å². The third-order valence-electron chi connectivity index (χ3n) is 3.04. The molecule has 1 heterocycles. The molecule has 0 spiro atoms. The summed E-state index contributed by atoms with van der Waals surface area (Å²) in [7, 11) is 0. The van der Waals surface area contributed by atoms with Crippen LogP contribution in [0.3, 0.4) is 0 Å². The minimum Gasteiger partial charge on any atom is -0.486 e. The maximum Gasteiger partial charge on any atom is 0.163 e. The molecule has 0 unspecified atom stereocenters. The van der Waals surface area contributed by atoms with Crippen LogP contribution >= 0.6 is 11.6 Å². The van der Waals surface area contributed by atoms with Gasteiger partial charge < -0.3 is 14.8 Å². The summed E-state index contributed by atoms with van der Waals surface area (Å²) >= 11 is 6.14. The van der Waals surface area contributed by atoms with E-state index in [0.29, 0.717) is 41.0 Å². The second-order valence-corrected chi connectivity index (χ2v) is 5.01. The minimum absolute atomic E-state index is 0.244. The molecule has 2 aromatic carbocycles. The number of nitrogens with one attached hydrogen (secondary N) is 1. The van der Waals surface area contributed by atoms with Gasteiger partial charge in [-0.05, 0) is 17.7 Å². The summed E-state index contributed by atoms with van der Waals surface area (Å²) < 4.78 is 37.1. The van der Waals surface area contributed by atoms with Crippen molar-refractivity contribution in [3.05, 3.63) is 52.6 Å². The topological polar surface area (TPSA) is 30.5 Å². The summed E-state index contributed by atoms with van der Waals surface area (Å²) in [6.45, 7) is 1.20. The van der Waals surface area contributed by atoms with Gasteiger partial charge in [0.25, 0.3) is 0 Å². The number of anilines is 1. The molecule has 3 rings (SSSR count). The monoisotopic (exact) mass is 311 g/mol. The van der Waals surface area contributed by atoms with Gasteiger partial charge >= 0.3 is 0 Å². The molecule has 0 fully saturated rings. The Bertz CT molecular complexity index is 659. The van der Waals surface area contributed by atoms with Gasteiger partial charge in [-0.25, -0.2) is 8.78 Å². The number of ether oxygens (including phenoxy) is 2. The summed E-state index contributed by atoms with van der Waals surface area (Å²) in [5, 5.41) is 3.49. The standard InChI is InChI=1S/C15H12ClF2NO2/c16-12-6-14-15(21-2-1-20-14)7-13(12)19-8-9-3-10(17)5-11(18)4-9/h3-7,19H,1-2,8H2. The van der Waals surface area contributed by atoms with Gasteiger partial charge in [0, 0.05) is 24.7 Å². The van der Waals surface area contributed by atoms with Gasteiger partial charge in [0.1, 0.15) is 24.8 Å². The smallest absolute Gasteiger partial charge is 0.163 e. The molecule has 0 radical (unpaired) electrons. The third-order valence-corrected chi connectivity index (χ3v) is 3.35. The van der Waals surface area contributed by atoms with Crippen molar-refractivity contribution < 1.29 is 18.3 Å². The molecule has 0 amide bonds. The van der Waals surface area contributed by atoms with Crippen LogP contribution in [-0.4, -0.2) is 13.2 Å². The first-order chi connectivity index (χ1) is 10.1. The molecular formula is C15H12ClF2NO2. The fraction of sp³-hybridized carbons (Fsp3) is 0.200. The molecule has 21 heavy (non-hydrogen) atoms. The molecule has 1 aliphatic rings. The van der Waals surface area contributed by atoms with Crippen molar-refractivity contribution in [2.24, 2.45) is 0 Å². The lowest BCUT2D eigenvalue weighted by Crippen LogP contribution is -2.15. The number of hydrogen-bond donors (Lipinski definition) is 1. The molecule has 2 aromatic rings. The quantitative estimate of drug-likeness (QED) is 0.929. The van der Waals surface area contributed by atoms with Crippen LogP contribution in [0.2, 0.25) is 5.02 Å². The molecule has 0 saturated carbocycles. The highest BCUT2D eigenvalue weighted by Gasteiger charge is 2.15. The molecule has 1 aliphatic heterocycles. The van der Waals surface area contributed by atoms with Crippen LogP contribution in [0.5, 0.6) is 11.5 Å². The van der Waals surface area contributed by atoms with E-state index in [4.69, 9.17) is 21.1 Å². The lowest BCUT2D eigenvalue weighted by Gasteiger charge is -2.20. The van der Waals surface area contributed by atoms with Crippen LogP contribution < -0.4 is 14.8 Å². The first-order valence-electron chi connectivity index (χ1n) is 6.40. The van der Waals surface area contributed by atoms with Gasteiger partial charge in [0.2, 0.25) is 0 Å². The molecule has 6 heteroatoms. The van der Waals surface area contributed by atoms with Gasteiger partial charge in [-0.15, -0.1) is 0 Å². The van der Waals surface area contributed by atoms with Crippen molar-refractivity contribution in [3.63, 3.8) is 0 Å². The highest BCUT2D eigenvalue weighted by molar-refractivity contribution is 6.33. The van der Waals surface area contributed by atoms with E-state index in [0.717, 1.165) is 6.07 Å². The highest BCUT2D eigenvalue weighted by Crippen LogP contribution is 2.38. The molecule has 3 nitrogen and oxygen atoms in total. The lowest BCUT2D eigenvalue weighted by molar-refractivity contribution is 0.171. The van der Waals surface area contributed by atoms with Crippen LogP contribution in [0.15, 0.2) is 30.3 Å². The first kappa shape index (κ1) is 13.9. The molecule has 110 valence electrons. The fourth-order valence-corrected chi connectivity index (χ4v) is 2.33. The Balaban J connectivity index is 1.78. The van der Waals surface area contributed by atoms with Crippen molar-refractivity contribution in [1.29, 1.82) is 0 Å². The van der Waals surface area contributed by atoms with Crippen molar-refractivity contribution >= 4 is 17.3 Å². The molecule has 0 aliphatic carbocycles. The van der Waals surface area contributed by atoms with Gasteiger partial charge in [0.15, 0.2) is 11.5 Å². The minimum atomic E-state index is -0.611. The van der Waals surface area contributed by atoms with Crippen LogP contribution in [0.1, 0.15) is 5.56 Å². The molecule has 1 N–H and O–H groups in total. The summed E-state index contributed by atoms with van der Waals surface area (Å²) in [5.41, 5.74) is 1.10. The summed E-state index contributed by atoms with van der Waals surface area (Å²) in [5.74, 6) is -0.0349. The summed E-state index contributed by atoms with van der Waals surface area (Å²) in [6.07, 6.45) is 0. The zero-order valence-electron chi connectivity index (χ0n) is 11.0. The highest BCUT2D eigenvalue weighted by atomic mass is 35.5. The molecule has 0 atom stereocenters. The number of fused-ring (bicyclic) bond motifs is 1. The average Bonchev–Trinajstić information content (AvgIpc) is 2.44. The molecule has 0 aromatic heterocycles. The van der Waals surface area contributed by atoms with Crippen molar-refractivity contribution in [3.8, 4) is 11.5 Å². The van der Waals surface area contributed by atoms with Crippen molar-refractivity contribution in [1.82, 2.24) is 0 Å². The van der Waals surface area contributed by atoms with Crippen LogP contribution in [0, 0.1) is 11.6 Å². The maximum absolute atomic E-state index is 13.1. The zero-order valence-corrected chi connectivity index (χ0v) is 11.7. The largest absolute Gasteiger partial charge is 0.486 e. The van der Waals surface area contributed by atoms with E-state index in [1.165, 1.54) is 12.1 Å². The molecule has 0 saturated heterocycles. The van der Waals surface area contributed by atoms with Crippen LogP contribution in [0.25, 0.3) is 0 Å². The van der Waals surface area contributed by atoms with Crippen molar-refractivity contribution in [2.75, 3.05) is 18.5 Å². The average molecular weight is 312 g/mol. The Kier molecular flexibility index (Phi) is 3.84. The second-order valence-electron chi connectivity index (χ2n) is 4.61. The van der Waals surface area contributed by atoms with Crippen LogP contribution in [-0.2, 0) is 6.54 Å². The van der Waals surface area contributed by atoms with E-state index in [1.807, 2.05) is 0 Å². The van der Waals surface area contributed by atoms with E-state index in [9.17, 15) is 8.78 Å². The van der Waals surface area contributed by atoms with Gasteiger partial charge in [-0.2, -0.15) is 0 Å². The number of hydrogen-bond acceptors (Lipinski definition) is 3. The first-order valence-corrected chi connectivity index (χ1v) is 6.77. The van der Waals surface area contributed by atoms with E-state index in [1.54, 1.807) is 12.1 Å². The molecular weight excluding hydrogens is 300 g/mol. The predicted molar refractivity (Wildman–Crippen MR) is 76.1 cm³/mol. The number of benzene rings is 2. The third kappa shape index (κ3) is 3.19. The van der Waals surface area contributed by atoms with E-state index >= 15 is 0 Å². The summed E-state index contributed by atoms with van der Waals surface area (Å²) in [4.78, 5) is 0. The molecule has 0 bridgehead atoms. The Labute approximate surface area is 125 Å². The predicted octanol–water partition coefficient (Wildman–Crippen LogP) is 4.00. The van der Waals surface area contributed by atoms with E-state index in [2.05, 4.69) is 5.32 Å². The van der Waals surface area contributed by atoms with E-state index < -0.39 is 11.6 Å². The number of rotatable bonds is 3. The van der Waals surface area contributed by atoms with E-state index in [-0.39, 0.29) is 6.54 Å². The zero-order chi connectivity index (χ0) is 14.8. The Morgan fingerprint density at radius 2 is 1.57 bits per heavy atom. The van der Waals surface area contributed by atoms with Gasteiger partial charge in [-0.3, -0.25) is 0 Å². The summed E-state index contributed by atoms with van der Waals surface area (Å²) in [6, 6.07) is 6.74. The SMILES string of the molecule is Fc1cc(F)cc(CNc2cc3c(cc2Cl)OCCO3)c1. The Morgan fingerprint density at radius 1 is 0.952 bits per heavy atom. The fourth-order valence-electron chi connectivity index (χ4n) is 2.11. The Morgan fingerprint density at radius 3 is 2.24 bits per heavy atom. The maximum atomic E-state index is 13.1. The normalized spacial score (nSPS) is 13.1.